The van der Waals surface area contributed by atoms with E-state index < -0.39 is 0 Å². The molecule has 136 valence electrons. The molecule has 3 saturated heterocycles. The summed E-state index contributed by atoms with van der Waals surface area (Å²) in [6.07, 6.45) is 5.51. The van der Waals surface area contributed by atoms with Crippen molar-refractivity contribution in [1.82, 2.24) is 10.2 Å². The number of hydrogen-bond acceptors (Lipinski definition) is 3. The Kier molecular flexibility index (Phi) is 4.67. The Morgan fingerprint density at radius 1 is 1.16 bits per heavy atom. The predicted octanol–water partition coefficient (Wildman–Crippen LogP) is 3.22. The Bertz CT molecular complexity index is 646. The fourth-order valence-corrected chi connectivity index (χ4v) is 4.91. The van der Waals surface area contributed by atoms with Crippen LogP contribution >= 0.6 is 11.6 Å². The highest BCUT2D eigenvalue weighted by atomic mass is 35.5. The number of carbonyl (C=O) groups is 1. The summed E-state index contributed by atoms with van der Waals surface area (Å²) in [5, 5.41) is 3.89. The Morgan fingerprint density at radius 2 is 1.88 bits per heavy atom. The van der Waals surface area contributed by atoms with E-state index in [1.807, 2.05) is 0 Å². The van der Waals surface area contributed by atoms with E-state index in [9.17, 15) is 4.79 Å². The average molecular weight is 362 g/mol. The zero-order chi connectivity index (χ0) is 17.4. The minimum atomic E-state index is 0.249. The summed E-state index contributed by atoms with van der Waals surface area (Å²) in [6.45, 7) is 7.45. The van der Waals surface area contributed by atoms with Gasteiger partial charge in [-0.2, -0.15) is 0 Å². The molecule has 5 heteroatoms. The number of piperidine rings is 2. The van der Waals surface area contributed by atoms with Gasteiger partial charge < -0.3 is 15.1 Å². The summed E-state index contributed by atoms with van der Waals surface area (Å²) in [4.78, 5) is 16.7. The summed E-state index contributed by atoms with van der Waals surface area (Å²) in [5.41, 5.74) is 2.65. The maximum atomic E-state index is 11.6. The van der Waals surface area contributed by atoms with Crippen LogP contribution in [0.2, 0.25) is 5.02 Å². The summed E-state index contributed by atoms with van der Waals surface area (Å²) in [5.74, 6) is 0.249. The van der Waals surface area contributed by atoms with E-state index in [4.69, 9.17) is 11.6 Å². The molecular weight excluding hydrogens is 334 g/mol. The number of carbonyl (C=O) groups excluding carboxylic acids is 1. The molecule has 0 radical (unpaired) electrons. The first-order valence-corrected chi connectivity index (χ1v) is 9.94. The zero-order valence-electron chi connectivity index (χ0n) is 15.1. The summed E-state index contributed by atoms with van der Waals surface area (Å²) < 4.78 is 0. The highest BCUT2D eigenvalue weighted by Gasteiger charge is 2.42. The van der Waals surface area contributed by atoms with Crippen molar-refractivity contribution in [2.24, 2.45) is 5.41 Å². The number of anilines is 1. The van der Waals surface area contributed by atoms with E-state index in [1.165, 1.54) is 31.4 Å². The molecule has 4 rings (SSSR count). The second-order valence-corrected chi connectivity index (χ2v) is 8.55. The fraction of sp³-hybridized carbons (Fsp3) is 0.650. The second-order valence-electron chi connectivity index (χ2n) is 8.14. The van der Waals surface area contributed by atoms with Crippen LogP contribution in [0.3, 0.4) is 0 Å². The Morgan fingerprint density at radius 3 is 2.48 bits per heavy atom. The molecule has 1 spiro atoms. The van der Waals surface area contributed by atoms with Crippen molar-refractivity contribution >= 4 is 23.2 Å². The standard InChI is InChI=1S/C20H28ClN3O/c1-15-2-3-17(12-18(15)21)23-8-4-16(5-9-23)24-10-6-20(7-11-24)13-19(25)22-14-20/h2-3,12,16H,4-11,13-14H2,1H3,(H,22,25). The Balaban J connectivity index is 1.30. The van der Waals surface area contributed by atoms with Gasteiger partial charge in [0.15, 0.2) is 0 Å². The van der Waals surface area contributed by atoms with Gasteiger partial charge in [-0.05, 0) is 68.8 Å². The first-order valence-electron chi connectivity index (χ1n) is 9.57. The number of nitrogens with one attached hydrogen (secondary N) is 1. The van der Waals surface area contributed by atoms with Crippen LogP contribution < -0.4 is 10.2 Å². The first-order chi connectivity index (χ1) is 12.0. The SMILES string of the molecule is Cc1ccc(N2CCC(N3CCC4(CC3)CNC(=O)C4)CC2)cc1Cl. The molecule has 1 amide bonds. The predicted molar refractivity (Wildman–Crippen MR) is 102 cm³/mol. The molecule has 1 N–H and O–H groups in total. The smallest absolute Gasteiger partial charge is 0.220 e. The number of hydrogen-bond donors (Lipinski definition) is 1. The van der Waals surface area contributed by atoms with E-state index in [2.05, 4.69) is 40.2 Å². The van der Waals surface area contributed by atoms with Crippen LogP contribution in [-0.2, 0) is 4.79 Å². The number of halogens is 1. The van der Waals surface area contributed by atoms with E-state index in [0.29, 0.717) is 6.04 Å². The van der Waals surface area contributed by atoms with Gasteiger partial charge in [-0.1, -0.05) is 17.7 Å². The quantitative estimate of drug-likeness (QED) is 0.878. The molecule has 0 aliphatic carbocycles. The Labute approximate surface area is 155 Å². The molecule has 25 heavy (non-hydrogen) atoms. The van der Waals surface area contributed by atoms with Crippen molar-refractivity contribution in [1.29, 1.82) is 0 Å². The van der Waals surface area contributed by atoms with Gasteiger partial charge in [0.05, 0.1) is 0 Å². The maximum Gasteiger partial charge on any atom is 0.220 e. The lowest BCUT2D eigenvalue weighted by Crippen LogP contribution is -2.50. The number of amides is 1. The Hall–Kier alpha value is -1.26. The molecule has 0 atom stereocenters. The molecule has 4 nitrogen and oxygen atoms in total. The van der Waals surface area contributed by atoms with E-state index in [0.717, 1.165) is 49.7 Å². The minimum absolute atomic E-state index is 0.249. The molecule has 1 aromatic rings. The molecule has 0 unspecified atom stereocenters. The molecule has 3 aliphatic rings. The summed E-state index contributed by atoms with van der Waals surface area (Å²) >= 11 is 6.29. The van der Waals surface area contributed by atoms with Gasteiger partial charge in [0.25, 0.3) is 0 Å². The number of benzene rings is 1. The number of likely N-dealkylation sites (tertiary alicyclic amines) is 1. The topological polar surface area (TPSA) is 35.6 Å². The molecule has 3 aliphatic heterocycles. The lowest BCUT2D eigenvalue weighted by atomic mass is 9.77. The van der Waals surface area contributed by atoms with Crippen molar-refractivity contribution in [3.8, 4) is 0 Å². The summed E-state index contributed by atoms with van der Waals surface area (Å²) in [6, 6.07) is 7.10. The van der Waals surface area contributed by atoms with Gasteiger partial charge in [-0.3, -0.25) is 4.79 Å². The van der Waals surface area contributed by atoms with E-state index in [-0.39, 0.29) is 11.3 Å². The van der Waals surface area contributed by atoms with Gasteiger partial charge in [-0.25, -0.2) is 0 Å². The van der Waals surface area contributed by atoms with Crippen LogP contribution in [0.25, 0.3) is 0 Å². The van der Waals surface area contributed by atoms with Gasteiger partial charge in [-0.15, -0.1) is 0 Å². The van der Waals surface area contributed by atoms with Crippen LogP contribution in [0, 0.1) is 12.3 Å². The van der Waals surface area contributed by atoms with Crippen LogP contribution in [0.1, 0.15) is 37.7 Å². The monoisotopic (exact) mass is 361 g/mol. The molecule has 0 bridgehead atoms. The van der Waals surface area contributed by atoms with Crippen LogP contribution in [-0.4, -0.2) is 49.6 Å². The molecule has 1 aromatic carbocycles. The maximum absolute atomic E-state index is 11.6. The first kappa shape index (κ1) is 17.2. The van der Waals surface area contributed by atoms with E-state index in [1.54, 1.807) is 0 Å². The number of rotatable bonds is 2. The lowest BCUT2D eigenvalue weighted by Gasteiger charge is -2.45. The molecular formula is C20H28ClN3O. The van der Waals surface area contributed by atoms with E-state index >= 15 is 0 Å². The number of nitrogens with zero attached hydrogens (tertiary/aromatic N) is 2. The van der Waals surface area contributed by atoms with Crippen molar-refractivity contribution < 1.29 is 4.79 Å². The van der Waals surface area contributed by atoms with Gasteiger partial charge in [0.1, 0.15) is 0 Å². The van der Waals surface area contributed by atoms with Crippen molar-refractivity contribution in [2.45, 2.75) is 45.1 Å². The van der Waals surface area contributed by atoms with Gasteiger partial charge >= 0.3 is 0 Å². The highest BCUT2D eigenvalue weighted by molar-refractivity contribution is 6.31. The van der Waals surface area contributed by atoms with Crippen LogP contribution in [0.15, 0.2) is 18.2 Å². The molecule has 0 saturated carbocycles. The second kappa shape index (κ2) is 6.81. The third-order valence-electron chi connectivity index (χ3n) is 6.56. The van der Waals surface area contributed by atoms with Crippen molar-refractivity contribution in [3.63, 3.8) is 0 Å². The van der Waals surface area contributed by atoms with Gasteiger partial charge in [0.2, 0.25) is 5.91 Å². The lowest BCUT2D eigenvalue weighted by molar-refractivity contribution is -0.119. The largest absolute Gasteiger partial charge is 0.371 e. The van der Waals surface area contributed by atoms with Crippen LogP contribution in [0.5, 0.6) is 0 Å². The molecule has 3 heterocycles. The highest BCUT2D eigenvalue weighted by Crippen LogP contribution is 2.39. The third kappa shape index (κ3) is 3.52. The minimum Gasteiger partial charge on any atom is -0.371 e. The average Bonchev–Trinajstić information content (AvgIpc) is 2.99. The van der Waals surface area contributed by atoms with Gasteiger partial charge in [0, 0.05) is 42.8 Å². The zero-order valence-corrected chi connectivity index (χ0v) is 15.8. The summed E-state index contributed by atoms with van der Waals surface area (Å²) in [7, 11) is 0. The third-order valence-corrected chi connectivity index (χ3v) is 6.96. The normalized spacial score (nSPS) is 24.7. The van der Waals surface area contributed by atoms with Crippen molar-refractivity contribution in [2.75, 3.05) is 37.6 Å². The number of aryl methyl sites for hydroxylation is 1. The molecule has 0 aromatic heterocycles. The molecule has 3 fully saturated rings. The van der Waals surface area contributed by atoms with Crippen LogP contribution in [0.4, 0.5) is 5.69 Å². The van der Waals surface area contributed by atoms with Crippen molar-refractivity contribution in [3.05, 3.63) is 28.8 Å². The fourth-order valence-electron chi connectivity index (χ4n) is 4.74.